The van der Waals surface area contributed by atoms with Crippen LogP contribution in [-0.4, -0.2) is 0 Å². The predicted octanol–water partition coefficient (Wildman–Crippen LogP) is 5.64. The maximum absolute atomic E-state index is 3.57. The average molecular weight is 332 g/mol. The van der Waals surface area contributed by atoms with Crippen LogP contribution in [0.1, 0.15) is 54.4 Å². The first-order valence-corrected chi connectivity index (χ1v) is 6.93. The first kappa shape index (κ1) is 19.1. The Morgan fingerprint density at radius 3 is 2.37 bits per heavy atom. The molecule has 0 aromatic heterocycles. The molecule has 0 fully saturated rings. The Kier molecular flexibility index (Phi) is 8.40. The largest absolute Gasteiger partial charge is 0.177 e. The number of rotatable bonds is 3. The van der Waals surface area contributed by atoms with Crippen LogP contribution in [0.5, 0.6) is 0 Å². The third-order valence-corrected chi connectivity index (χ3v) is 2.96. The van der Waals surface area contributed by atoms with Gasteiger partial charge in [-0.3, -0.25) is 0 Å². The summed E-state index contributed by atoms with van der Waals surface area (Å²) in [7, 11) is 0. The molecule has 0 bridgehead atoms. The van der Waals surface area contributed by atoms with Crippen molar-refractivity contribution in [1.29, 1.82) is 0 Å². The van der Waals surface area contributed by atoms with E-state index in [1.807, 2.05) is 0 Å². The third-order valence-electron chi connectivity index (χ3n) is 2.96. The maximum atomic E-state index is 3.57. The van der Waals surface area contributed by atoms with Crippen LogP contribution in [0.4, 0.5) is 0 Å². The van der Waals surface area contributed by atoms with Crippen LogP contribution in [0, 0.1) is 17.4 Å². The molecule has 0 atom stereocenters. The van der Waals surface area contributed by atoms with Gasteiger partial charge in [0.25, 0.3) is 0 Å². The molecule has 1 aliphatic rings. The topological polar surface area (TPSA) is 0 Å². The molecule has 19 heavy (non-hydrogen) atoms. The van der Waals surface area contributed by atoms with Crippen molar-refractivity contribution in [3.63, 3.8) is 0 Å². The van der Waals surface area contributed by atoms with Gasteiger partial charge in [0.15, 0.2) is 0 Å². The van der Waals surface area contributed by atoms with Crippen molar-refractivity contribution in [2.45, 2.75) is 54.4 Å². The summed E-state index contributed by atoms with van der Waals surface area (Å²) in [5.74, 6) is 0.606. The SMILES string of the molecule is CC(C)=C/C=C1[C-]=C(/C=C/C(C)C)CC(C)(C)C/1.[Y]. The third kappa shape index (κ3) is 8.05. The van der Waals surface area contributed by atoms with Gasteiger partial charge < -0.3 is 0 Å². The molecule has 0 saturated carbocycles. The van der Waals surface area contributed by atoms with Gasteiger partial charge in [0.2, 0.25) is 0 Å². The molecule has 1 rings (SSSR count). The van der Waals surface area contributed by atoms with Crippen molar-refractivity contribution >= 4 is 0 Å². The Bertz CT molecular complexity index is 399. The van der Waals surface area contributed by atoms with E-state index in [2.05, 4.69) is 71.9 Å². The molecule has 1 radical (unpaired) electrons. The molecule has 0 unspecified atom stereocenters. The zero-order valence-corrected chi connectivity index (χ0v) is 16.2. The van der Waals surface area contributed by atoms with E-state index in [-0.39, 0.29) is 32.7 Å². The van der Waals surface area contributed by atoms with Crippen molar-refractivity contribution in [3.8, 4) is 0 Å². The normalized spacial score (nSPS) is 20.4. The van der Waals surface area contributed by atoms with E-state index < -0.39 is 0 Å². The summed E-state index contributed by atoms with van der Waals surface area (Å²) in [5.41, 5.74) is 4.36. The molecule has 0 N–H and O–H groups in total. The molecular formula is C18H27Y-. The van der Waals surface area contributed by atoms with Gasteiger partial charge in [-0.25, -0.2) is 0 Å². The molecule has 1 aliphatic carbocycles. The van der Waals surface area contributed by atoms with Crippen molar-refractivity contribution in [3.05, 3.63) is 47.1 Å². The molecule has 1 heteroatoms. The summed E-state index contributed by atoms with van der Waals surface area (Å²) in [5, 5.41) is 0. The van der Waals surface area contributed by atoms with Gasteiger partial charge in [-0.05, 0) is 38.0 Å². The van der Waals surface area contributed by atoms with Gasteiger partial charge in [0.1, 0.15) is 0 Å². The molecule has 103 valence electrons. The summed E-state index contributed by atoms with van der Waals surface area (Å²) in [6.07, 6.45) is 14.7. The monoisotopic (exact) mass is 332 g/mol. The minimum atomic E-state index is 0. The van der Waals surface area contributed by atoms with Crippen molar-refractivity contribution in [2.24, 2.45) is 11.3 Å². The predicted molar refractivity (Wildman–Crippen MR) is 81.3 cm³/mol. The van der Waals surface area contributed by atoms with Crippen LogP contribution in [0.25, 0.3) is 0 Å². The number of hydrogen-bond donors (Lipinski definition) is 0. The van der Waals surface area contributed by atoms with Crippen molar-refractivity contribution in [1.82, 2.24) is 0 Å². The fourth-order valence-corrected chi connectivity index (χ4v) is 2.17. The fraction of sp³-hybridized carbons (Fsp3) is 0.556. The Balaban J connectivity index is 0.00000324. The Hall–Kier alpha value is 0.0639. The van der Waals surface area contributed by atoms with E-state index >= 15 is 0 Å². The summed E-state index contributed by atoms with van der Waals surface area (Å²) in [6.45, 7) is 13.4. The Morgan fingerprint density at radius 2 is 1.84 bits per heavy atom. The van der Waals surface area contributed by atoms with Crippen molar-refractivity contribution < 1.29 is 32.7 Å². The second kappa shape index (κ2) is 8.37. The summed E-state index contributed by atoms with van der Waals surface area (Å²) < 4.78 is 0. The number of allylic oxidation sites excluding steroid dienone is 8. The molecule has 0 aromatic rings. The van der Waals surface area contributed by atoms with Crippen LogP contribution in [-0.2, 0) is 32.7 Å². The van der Waals surface area contributed by atoms with Crippen LogP contribution in [0.15, 0.2) is 41.0 Å². The van der Waals surface area contributed by atoms with E-state index in [0.717, 1.165) is 12.8 Å². The Morgan fingerprint density at radius 1 is 1.21 bits per heavy atom. The second-order valence-electron chi connectivity index (χ2n) is 6.71. The zero-order valence-electron chi connectivity index (χ0n) is 13.4. The first-order valence-electron chi connectivity index (χ1n) is 6.93. The molecule has 0 amide bonds. The quantitative estimate of drug-likeness (QED) is 0.587. The van der Waals surface area contributed by atoms with E-state index in [1.54, 1.807) is 0 Å². The molecule has 0 aromatic carbocycles. The summed E-state index contributed by atoms with van der Waals surface area (Å²) in [4.78, 5) is 0. The van der Waals surface area contributed by atoms with E-state index in [4.69, 9.17) is 0 Å². The van der Waals surface area contributed by atoms with Crippen LogP contribution in [0.3, 0.4) is 0 Å². The fourth-order valence-electron chi connectivity index (χ4n) is 2.17. The number of hydrogen-bond acceptors (Lipinski definition) is 0. The summed E-state index contributed by atoms with van der Waals surface area (Å²) in [6, 6.07) is 0. The van der Waals surface area contributed by atoms with Gasteiger partial charge in [0, 0.05) is 32.7 Å². The molecule has 0 aliphatic heterocycles. The molecule has 0 spiro atoms. The summed E-state index contributed by atoms with van der Waals surface area (Å²) >= 11 is 0. The van der Waals surface area contributed by atoms with Gasteiger partial charge in [-0.15, -0.1) is 12.2 Å². The standard InChI is InChI=1S/C18H27.Y/c1-14(2)7-9-16-11-17(10-8-15(3)4)13-18(5,6)12-16;/h7-10,14H,12-13H2,1-6H3;/q-1;/b9-7+,17-10-;. The van der Waals surface area contributed by atoms with Gasteiger partial charge in [0.05, 0.1) is 0 Å². The van der Waals surface area contributed by atoms with Crippen LogP contribution in [0.2, 0.25) is 0 Å². The molecular weight excluding hydrogens is 305 g/mol. The zero-order chi connectivity index (χ0) is 13.8. The minimum absolute atomic E-state index is 0. The molecule has 0 nitrogen and oxygen atoms in total. The second-order valence-corrected chi connectivity index (χ2v) is 6.71. The first-order chi connectivity index (χ1) is 8.28. The maximum Gasteiger partial charge on any atom is 0 e. The van der Waals surface area contributed by atoms with E-state index in [0.29, 0.717) is 11.3 Å². The molecule has 0 saturated heterocycles. The van der Waals surface area contributed by atoms with Crippen LogP contribution < -0.4 is 0 Å². The minimum Gasteiger partial charge on any atom is -0.177 e. The Labute approximate surface area is 145 Å². The van der Waals surface area contributed by atoms with Gasteiger partial charge in [-0.2, -0.15) is 29.4 Å². The average Bonchev–Trinajstić information content (AvgIpc) is 2.21. The van der Waals surface area contributed by atoms with E-state index in [1.165, 1.54) is 16.7 Å². The smallest absolute Gasteiger partial charge is 0 e. The van der Waals surface area contributed by atoms with Gasteiger partial charge in [-0.1, -0.05) is 33.3 Å². The van der Waals surface area contributed by atoms with E-state index in [9.17, 15) is 0 Å². The van der Waals surface area contributed by atoms with Gasteiger partial charge >= 0.3 is 0 Å². The molecule has 0 heterocycles. The van der Waals surface area contributed by atoms with Crippen LogP contribution >= 0.6 is 0 Å². The van der Waals surface area contributed by atoms with Crippen molar-refractivity contribution in [2.75, 3.05) is 0 Å².